The van der Waals surface area contributed by atoms with Crippen molar-refractivity contribution in [3.63, 3.8) is 0 Å². The zero-order valence-corrected chi connectivity index (χ0v) is 6.00. The van der Waals surface area contributed by atoms with E-state index in [0.29, 0.717) is 0 Å². The summed E-state index contributed by atoms with van der Waals surface area (Å²) in [5, 5.41) is 2.96. The zero-order chi connectivity index (χ0) is 6.78. The third kappa shape index (κ3) is 2.45. The molecule has 0 aliphatic carbocycles. The van der Waals surface area contributed by atoms with Gasteiger partial charge in [0.25, 0.3) is 0 Å². The molecule has 3 nitrogen and oxygen atoms in total. The lowest BCUT2D eigenvalue weighted by atomic mass is 10.7. The van der Waals surface area contributed by atoms with E-state index in [0.717, 1.165) is 0 Å². The van der Waals surface area contributed by atoms with Gasteiger partial charge in [0.05, 0.1) is 0 Å². The van der Waals surface area contributed by atoms with E-state index in [1.165, 1.54) is 0 Å². The Morgan fingerprint density at radius 3 is 1.75 bits per heavy atom. The average Bonchev–Trinajstić information content (AvgIpc) is 1.62. The maximum absolute atomic E-state index is 5.18. The van der Waals surface area contributed by atoms with Gasteiger partial charge in [0.1, 0.15) is 0 Å². The number of hydrazone groups is 1. The van der Waals surface area contributed by atoms with Crippen molar-refractivity contribution in [2.45, 2.75) is 3.79 Å². The lowest BCUT2D eigenvalue weighted by Gasteiger charge is -2.06. The van der Waals surface area contributed by atoms with Crippen molar-refractivity contribution in [2.75, 3.05) is 0 Å². The van der Waals surface area contributed by atoms with Crippen LogP contribution >= 0.6 is 34.8 Å². The molecule has 0 atom stereocenters. The maximum atomic E-state index is 5.18. The maximum Gasteiger partial charge on any atom is 0.249 e. The predicted molar refractivity (Wildman–Crippen MR) is 36.1 cm³/mol. The Morgan fingerprint density at radius 1 is 1.38 bits per heavy atom. The Labute approximate surface area is 61.6 Å². The summed E-state index contributed by atoms with van der Waals surface area (Å²) in [5.41, 5.74) is 4.98. The monoisotopic (exact) mass is 175 g/mol. The Balaban J connectivity index is 4.03. The van der Waals surface area contributed by atoms with Gasteiger partial charge in [-0.1, -0.05) is 34.8 Å². The van der Waals surface area contributed by atoms with Crippen LogP contribution in [0, 0.1) is 0 Å². The number of alkyl halides is 3. The number of hydrogen-bond donors (Lipinski definition) is 2. The van der Waals surface area contributed by atoms with Gasteiger partial charge in [-0.2, -0.15) is 5.10 Å². The molecular formula is C2H4Cl3N3. The van der Waals surface area contributed by atoms with Crippen molar-refractivity contribution in [1.82, 2.24) is 0 Å². The van der Waals surface area contributed by atoms with Gasteiger partial charge < -0.3 is 11.6 Å². The second-order valence-corrected chi connectivity index (χ2v) is 3.29. The second-order valence-electron chi connectivity index (χ2n) is 1.01. The van der Waals surface area contributed by atoms with Crippen molar-refractivity contribution >= 4 is 40.6 Å². The number of nitrogens with two attached hydrogens (primary N) is 2. The van der Waals surface area contributed by atoms with Gasteiger partial charge in [-0.25, -0.2) is 0 Å². The van der Waals surface area contributed by atoms with Gasteiger partial charge in [0.15, 0.2) is 5.84 Å². The lowest BCUT2D eigenvalue weighted by molar-refractivity contribution is 1.20. The first-order chi connectivity index (χ1) is 3.48. The van der Waals surface area contributed by atoms with Crippen LogP contribution in [0.1, 0.15) is 0 Å². The standard InChI is InChI=1S/C2H4Cl3N3/c3-2(4,5)1(6)8-7/h7H2,(H2,6,8). The number of nitrogens with zero attached hydrogens (tertiary/aromatic N) is 1. The summed E-state index contributed by atoms with van der Waals surface area (Å²) >= 11 is 15.5. The van der Waals surface area contributed by atoms with Crippen LogP contribution in [-0.2, 0) is 0 Å². The Bertz CT molecular complexity index is 104. The summed E-state index contributed by atoms with van der Waals surface area (Å²) in [5.74, 6) is 4.45. The first-order valence-electron chi connectivity index (χ1n) is 1.59. The van der Waals surface area contributed by atoms with Gasteiger partial charge in [0, 0.05) is 0 Å². The van der Waals surface area contributed by atoms with Crippen molar-refractivity contribution in [3.8, 4) is 0 Å². The smallest absolute Gasteiger partial charge is 0.249 e. The molecule has 8 heavy (non-hydrogen) atoms. The first-order valence-corrected chi connectivity index (χ1v) is 2.72. The minimum atomic E-state index is -1.67. The van der Waals surface area contributed by atoms with Crippen LogP contribution in [0.3, 0.4) is 0 Å². The Hall–Kier alpha value is 0.140. The normalized spacial score (nSPS) is 14.1. The number of amidine groups is 1. The summed E-state index contributed by atoms with van der Waals surface area (Å²) in [7, 11) is 0. The van der Waals surface area contributed by atoms with Crippen LogP contribution in [0.2, 0.25) is 0 Å². The zero-order valence-electron chi connectivity index (χ0n) is 3.74. The predicted octanol–water partition coefficient (Wildman–Crippen LogP) is 0.588. The topological polar surface area (TPSA) is 64.4 Å². The van der Waals surface area contributed by atoms with Crippen LogP contribution < -0.4 is 11.6 Å². The Kier molecular flexibility index (Phi) is 2.66. The highest BCUT2D eigenvalue weighted by atomic mass is 35.6. The van der Waals surface area contributed by atoms with E-state index in [-0.39, 0.29) is 5.84 Å². The molecule has 0 aliphatic rings. The van der Waals surface area contributed by atoms with Crippen LogP contribution in [0.25, 0.3) is 0 Å². The lowest BCUT2D eigenvalue weighted by Crippen LogP contribution is -2.29. The van der Waals surface area contributed by atoms with E-state index in [4.69, 9.17) is 40.5 Å². The van der Waals surface area contributed by atoms with E-state index in [1.54, 1.807) is 0 Å². The number of rotatable bonds is 0. The molecule has 0 aliphatic heterocycles. The summed E-state index contributed by atoms with van der Waals surface area (Å²) in [6.45, 7) is 0. The van der Waals surface area contributed by atoms with E-state index in [9.17, 15) is 0 Å². The van der Waals surface area contributed by atoms with Crippen LogP contribution in [0.15, 0.2) is 5.10 Å². The molecule has 6 heteroatoms. The molecule has 0 fully saturated rings. The summed E-state index contributed by atoms with van der Waals surface area (Å²) in [6.07, 6.45) is 0. The summed E-state index contributed by atoms with van der Waals surface area (Å²) < 4.78 is -1.67. The molecule has 4 N–H and O–H groups in total. The molecule has 0 amide bonds. The average molecular weight is 176 g/mol. The molecule has 0 saturated carbocycles. The number of hydrogen-bond acceptors (Lipinski definition) is 2. The molecular weight excluding hydrogens is 172 g/mol. The fraction of sp³-hybridized carbons (Fsp3) is 0.500. The largest absolute Gasteiger partial charge is 0.382 e. The number of halogens is 3. The van der Waals surface area contributed by atoms with Crippen molar-refractivity contribution in [3.05, 3.63) is 0 Å². The third-order valence-electron chi connectivity index (χ3n) is 0.430. The van der Waals surface area contributed by atoms with Gasteiger partial charge in [0.2, 0.25) is 3.79 Å². The molecule has 0 bridgehead atoms. The molecule has 0 aromatic carbocycles. The van der Waals surface area contributed by atoms with Gasteiger partial charge in [-0.05, 0) is 0 Å². The van der Waals surface area contributed by atoms with Crippen molar-refractivity contribution in [1.29, 1.82) is 0 Å². The summed E-state index contributed by atoms with van der Waals surface area (Å²) in [6, 6.07) is 0. The fourth-order valence-electron chi connectivity index (χ4n) is 0.0732. The van der Waals surface area contributed by atoms with Crippen molar-refractivity contribution in [2.24, 2.45) is 16.7 Å². The third-order valence-corrected chi connectivity index (χ3v) is 1.01. The first kappa shape index (κ1) is 8.14. The Morgan fingerprint density at radius 2 is 1.75 bits per heavy atom. The molecule has 0 unspecified atom stereocenters. The molecule has 48 valence electrons. The quantitative estimate of drug-likeness (QED) is 0.186. The molecule has 0 aromatic rings. The van der Waals surface area contributed by atoms with Crippen LogP contribution in [-0.4, -0.2) is 9.63 Å². The summed E-state index contributed by atoms with van der Waals surface area (Å²) in [4.78, 5) is 0. The van der Waals surface area contributed by atoms with E-state index in [2.05, 4.69) is 10.9 Å². The highest BCUT2D eigenvalue weighted by Crippen LogP contribution is 2.25. The van der Waals surface area contributed by atoms with Gasteiger partial charge >= 0.3 is 0 Å². The molecule has 0 heterocycles. The molecule has 0 saturated heterocycles. The molecule has 0 spiro atoms. The second kappa shape index (κ2) is 2.62. The minimum absolute atomic E-state index is 0.220. The van der Waals surface area contributed by atoms with Crippen LogP contribution in [0.4, 0.5) is 0 Å². The van der Waals surface area contributed by atoms with Crippen LogP contribution in [0.5, 0.6) is 0 Å². The molecule has 0 aromatic heterocycles. The fourth-order valence-corrected chi connectivity index (χ4v) is 0.220. The van der Waals surface area contributed by atoms with E-state index < -0.39 is 3.79 Å². The minimum Gasteiger partial charge on any atom is -0.382 e. The SMILES string of the molecule is NN=C(N)C(Cl)(Cl)Cl. The molecule has 0 rings (SSSR count). The van der Waals surface area contributed by atoms with E-state index in [1.807, 2.05) is 0 Å². The molecule has 0 radical (unpaired) electrons. The highest BCUT2D eigenvalue weighted by molar-refractivity contribution is 6.76. The van der Waals surface area contributed by atoms with Gasteiger partial charge in [-0.3, -0.25) is 0 Å². The van der Waals surface area contributed by atoms with Crippen molar-refractivity contribution < 1.29 is 0 Å². The van der Waals surface area contributed by atoms with E-state index >= 15 is 0 Å². The highest BCUT2D eigenvalue weighted by Gasteiger charge is 2.24. The van der Waals surface area contributed by atoms with Gasteiger partial charge in [-0.15, -0.1) is 0 Å².